The van der Waals surface area contributed by atoms with E-state index in [4.69, 9.17) is 14.6 Å². The van der Waals surface area contributed by atoms with Crippen LogP contribution in [0.1, 0.15) is 20.3 Å². The maximum absolute atomic E-state index is 11.3. The number of ether oxygens (including phenoxy) is 2. The van der Waals surface area contributed by atoms with Crippen LogP contribution in [0.4, 0.5) is 0 Å². The molecule has 1 amide bonds. The molecule has 8 nitrogen and oxygen atoms in total. The largest absolute Gasteiger partial charge is 0.457 e. The van der Waals surface area contributed by atoms with E-state index in [-0.39, 0.29) is 6.42 Å². The first kappa shape index (κ1) is 15.8. The molecule has 1 aliphatic rings. The summed E-state index contributed by atoms with van der Waals surface area (Å²) in [5.41, 5.74) is 0. The Balaban J connectivity index is 2.90. The van der Waals surface area contributed by atoms with Crippen molar-refractivity contribution in [3.05, 3.63) is 0 Å². The van der Waals surface area contributed by atoms with Gasteiger partial charge in [-0.15, -0.1) is 0 Å². The lowest BCUT2D eigenvalue weighted by Crippen LogP contribution is -2.65. The van der Waals surface area contributed by atoms with E-state index in [9.17, 15) is 19.8 Å². The average molecular weight is 277 g/mol. The fraction of sp³-hybridized carbons (Fsp3) is 0.818. The Morgan fingerprint density at radius 3 is 2.47 bits per heavy atom. The van der Waals surface area contributed by atoms with E-state index in [0.29, 0.717) is 0 Å². The minimum atomic E-state index is -1.49. The van der Waals surface area contributed by atoms with Crippen LogP contribution >= 0.6 is 0 Å². The molecule has 1 fully saturated rings. The molecule has 4 N–H and O–H groups in total. The van der Waals surface area contributed by atoms with Crippen molar-refractivity contribution in [2.75, 3.05) is 6.61 Å². The van der Waals surface area contributed by atoms with Crippen LogP contribution in [0.3, 0.4) is 0 Å². The second-order valence-electron chi connectivity index (χ2n) is 4.27. The van der Waals surface area contributed by atoms with Gasteiger partial charge in [-0.25, -0.2) is 0 Å². The number of nitrogens with one attached hydrogen (secondary N) is 1. The molecule has 0 saturated carbocycles. The molecular formula is C11H19NO7. The maximum Gasteiger partial charge on any atom is 0.305 e. The summed E-state index contributed by atoms with van der Waals surface area (Å²) >= 11 is 0. The van der Waals surface area contributed by atoms with Gasteiger partial charge in [0.15, 0.2) is 12.4 Å². The standard InChI is InChI=1S/C11H19NO7/c1-3-7(15)19-10-8(12-5(2)14)11(17)18-6(4-13)9(10)16/h6,8-11,13,16-17H,3-4H2,1-2H3,(H,12,14)/t6-,8-,9+,10+,11+/m0/s1. The Kier molecular flexibility index (Phi) is 5.67. The third-order valence-corrected chi connectivity index (χ3v) is 2.80. The Hall–Kier alpha value is -1.22. The van der Waals surface area contributed by atoms with Gasteiger partial charge in [-0.2, -0.15) is 0 Å². The highest BCUT2D eigenvalue weighted by Gasteiger charge is 2.47. The number of hydrogen-bond acceptors (Lipinski definition) is 7. The molecule has 1 rings (SSSR count). The number of aliphatic hydroxyl groups is 3. The second kappa shape index (κ2) is 6.80. The van der Waals surface area contributed by atoms with Crippen molar-refractivity contribution in [1.29, 1.82) is 0 Å². The zero-order chi connectivity index (χ0) is 14.6. The molecule has 0 bridgehead atoms. The number of amides is 1. The van der Waals surface area contributed by atoms with E-state index in [1.807, 2.05) is 0 Å². The van der Waals surface area contributed by atoms with E-state index in [1.165, 1.54) is 6.92 Å². The SMILES string of the molecule is CCC(=O)O[C@H]1[C@H](O)[C@H](CO)O[C@@H](O)[C@H]1NC(C)=O. The molecule has 1 heterocycles. The van der Waals surface area contributed by atoms with Gasteiger partial charge in [-0.1, -0.05) is 6.92 Å². The number of carbonyl (C=O) groups excluding carboxylic acids is 2. The third kappa shape index (κ3) is 3.87. The summed E-state index contributed by atoms with van der Waals surface area (Å²) in [5, 5.41) is 31.1. The summed E-state index contributed by atoms with van der Waals surface area (Å²) in [5.74, 6) is -1.06. The van der Waals surface area contributed by atoms with Crippen LogP contribution in [0.5, 0.6) is 0 Å². The van der Waals surface area contributed by atoms with Crippen molar-refractivity contribution < 1.29 is 34.4 Å². The van der Waals surface area contributed by atoms with Crippen LogP contribution in [-0.4, -0.2) is 64.4 Å². The fourth-order valence-electron chi connectivity index (χ4n) is 1.85. The normalized spacial score (nSPS) is 34.7. The molecule has 0 aromatic rings. The van der Waals surface area contributed by atoms with Gasteiger partial charge in [-0.05, 0) is 0 Å². The van der Waals surface area contributed by atoms with Crippen LogP contribution in [-0.2, 0) is 19.1 Å². The molecule has 0 radical (unpaired) electrons. The van der Waals surface area contributed by atoms with E-state index in [2.05, 4.69) is 5.32 Å². The second-order valence-corrected chi connectivity index (χ2v) is 4.27. The number of hydrogen-bond donors (Lipinski definition) is 4. The van der Waals surface area contributed by atoms with Crippen LogP contribution in [0, 0.1) is 0 Å². The molecular weight excluding hydrogens is 258 g/mol. The zero-order valence-electron chi connectivity index (χ0n) is 10.8. The lowest BCUT2D eigenvalue weighted by atomic mass is 9.96. The van der Waals surface area contributed by atoms with Crippen molar-refractivity contribution in [2.45, 2.75) is 50.9 Å². The molecule has 5 atom stereocenters. The summed E-state index contributed by atoms with van der Waals surface area (Å²) in [7, 11) is 0. The van der Waals surface area contributed by atoms with Gasteiger partial charge in [0.2, 0.25) is 5.91 Å². The van der Waals surface area contributed by atoms with Crippen LogP contribution < -0.4 is 5.32 Å². The first-order valence-corrected chi connectivity index (χ1v) is 5.99. The Labute approximate surface area is 110 Å². The highest BCUT2D eigenvalue weighted by molar-refractivity contribution is 5.73. The van der Waals surface area contributed by atoms with Gasteiger partial charge in [-0.3, -0.25) is 9.59 Å². The van der Waals surface area contributed by atoms with Crippen LogP contribution in [0.15, 0.2) is 0 Å². The smallest absolute Gasteiger partial charge is 0.305 e. The lowest BCUT2D eigenvalue weighted by molar-refractivity contribution is -0.258. The Morgan fingerprint density at radius 2 is 2.00 bits per heavy atom. The lowest BCUT2D eigenvalue weighted by Gasteiger charge is -2.41. The monoisotopic (exact) mass is 277 g/mol. The van der Waals surface area contributed by atoms with Gasteiger partial charge in [0.25, 0.3) is 0 Å². The van der Waals surface area contributed by atoms with Gasteiger partial charge in [0.05, 0.1) is 6.61 Å². The van der Waals surface area contributed by atoms with Gasteiger partial charge >= 0.3 is 5.97 Å². The highest BCUT2D eigenvalue weighted by Crippen LogP contribution is 2.22. The molecule has 8 heteroatoms. The Bertz CT molecular complexity index is 335. The van der Waals surface area contributed by atoms with E-state index >= 15 is 0 Å². The molecule has 19 heavy (non-hydrogen) atoms. The van der Waals surface area contributed by atoms with Crippen molar-refractivity contribution in [3.63, 3.8) is 0 Å². The number of carbonyl (C=O) groups is 2. The quantitative estimate of drug-likeness (QED) is 0.433. The molecule has 0 aromatic heterocycles. The summed E-state index contributed by atoms with van der Waals surface area (Å²) in [4.78, 5) is 22.4. The molecule has 110 valence electrons. The van der Waals surface area contributed by atoms with Gasteiger partial charge < -0.3 is 30.1 Å². The van der Waals surface area contributed by atoms with Crippen molar-refractivity contribution in [3.8, 4) is 0 Å². The van der Waals surface area contributed by atoms with E-state index < -0.39 is 49.1 Å². The first-order valence-electron chi connectivity index (χ1n) is 5.99. The molecule has 0 aliphatic carbocycles. The number of aliphatic hydroxyl groups excluding tert-OH is 3. The molecule has 1 saturated heterocycles. The first-order chi connectivity index (χ1) is 8.90. The fourth-order valence-corrected chi connectivity index (χ4v) is 1.85. The highest BCUT2D eigenvalue weighted by atomic mass is 16.6. The van der Waals surface area contributed by atoms with E-state index in [0.717, 1.165) is 0 Å². The third-order valence-electron chi connectivity index (χ3n) is 2.80. The molecule has 1 aliphatic heterocycles. The van der Waals surface area contributed by atoms with Crippen molar-refractivity contribution >= 4 is 11.9 Å². The van der Waals surface area contributed by atoms with Crippen LogP contribution in [0.25, 0.3) is 0 Å². The Morgan fingerprint density at radius 1 is 1.37 bits per heavy atom. The molecule has 0 aromatic carbocycles. The molecule has 0 unspecified atom stereocenters. The number of rotatable bonds is 4. The number of esters is 1. The summed E-state index contributed by atoms with van der Waals surface area (Å²) in [6.07, 6.45) is -5.02. The maximum atomic E-state index is 11.3. The molecule has 0 spiro atoms. The predicted molar refractivity (Wildman–Crippen MR) is 61.7 cm³/mol. The zero-order valence-corrected chi connectivity index (χ0v) is 10.8. The van der Waals surface area contributed by atoms with E-state index in [1.54, 1.807) is 6.92 Å². The minimum absolute atomic E-state index is 0.0801. The minimum Gasteiger partial charge on any atom is -0.457 e. The average Bonchev–Trinajstić information content (AvgIpc) is 2.36. The van der Waals surface area contributed by atoms with Gasteiger partial charge in [0.1, 0.15) is 18.2 Å². The predicted octanol–water partition coefficient (Wildman–Crippen LogP) is -2.12. The van der Waals surface area contributed by atoms with Gasteiger partial charge in [0, 0.05) is 13.3 Å². The summed E-state index contributed by atoms with van der Waals surface area (Å²) < 4.78 is 9.97. The summed E-state index contributed by atoms with van der Waals surface area (Å²) in [6, 6.07) is -1.09. The van der Waals surface area contributed by atoms with Crippen molar-refractivity contribution in [2.24, 2.45) is 0 Å². The summed E-state index contributed by atoms with van der Waals surface area (Å²) in [6.45, 7) is 2.24. The topological polar surface area (TPSA) is 125 Å². The van der Waals surface area contributed by atoms with Crippen LogP contribution in [0.2, 0.25) is 0 Å². The van der Waals surface area contributed by atoms with Crippen molar-refractivity contribution in [1.82, 2.24) is 5.32 Å².